The van der Waals surface area contributed by atoms with E-state index in [9.17, 15) is 0 Å². The van der Waals surface area contributed by atoms with Gasteiger partial charge >= 0.3 is 0 Å². The Morgan fingerprint density at radius 1 is 1.18 bits per heavy atom. The van der Waals surface area contributed by atoms with E-state index < -0.39 is 0 Å². The molecular weight excluding hydrogens is 278 g/mol. The van der Waals surface area contributed by atoms with E-state index in [0.717, 1.165) is 34.9 Å². The minimum absolute atomic E-state index is 0.924. The molecule has 1 aromatic heterocycles. The molecule has 0 N–H and O–H groups in total. The van der Waals surface area contributed by atoms with Gasteiger partial charge in [-0.3, -0.25) is 15.0 Å². The molecule has 3 nitrogen and oxygen atoms in total. The monoisotopic (exact) mass is 289 g/mol. The summed E-state index contributed by atoms with van der Waals surface area (Å²) in [7, 11) is 0. The number of hydrogen-bond donors (Lipinski definition) is 0. The first kappa shape index (κ1) is 10.8. The SMILES string of the molecule is Brc1c(CC2=NCCC2)ccc2nccnc12. The molecule has 1 aromatic carbocycles. The molecule has 2 aromatic rings. The molecular formula is C13H12BrN3. The van der Waals surface area contributed by atoms with Crippen molar-refractivity contribution >= 4 is 32.7 Å². The predicted molar refractivity (Wildman–Crippen MR) is 72.5 cm³/mol. The van der Waals surface area contributed by atoms with Crippen molar-refractivity contribution in [2.24, 2.45) is 4.99 Å². The summed E-state index contributed by atoms with van der Waals surface area (Å²) in [5, 5.41) is 0. The maximum absolute atomic E-state index is 4.51. The van der Waals surface area contributed by atoms with Gasteiger partial charge in [-0.15, -0.1) is 0 Å². The Labute approximate surface area is 108 Å². The van der Waals surface area contributed by atoms with E-state index in [4.69, 9.17) is 0 Å². The molecule has 0 saturated carbocycles. The Bertz CT molecular complexity index is 592. The molecule has 0 amide bonds. The van der Waals surface area contributed by atoms with Gasteiger partial charge in [-0.1, -0.05) is 6.07 Å². The van der Waals surface area contributed by atoms with E-state index in [0.29, 0.717) is 0 Å². The van der Waals surface area contributed by atoms with Crippen molar-refractivity contribution in [3.05, 3.63) is 34.6 Å². The highest BCUT2D eigenvalue weighted by Crippen LogP contribution is 2.26. The first-order valence-corrected chi connectivity index (χ1v) is 6.54. The standard InChI is InChI=1S/C13H12BrN3/c14-12-9(8-10-2-1-5-15-10)3-4-11-13(12)17-7-6-16-11/h3-4,6-7H,1-2,5,8H2. The summed E-state index contributed by atoms with van der Waals surface area (Å²) in [6.45, 7) is 0.986. The lowest BCUT2D eigenvalue weighted by Crippen LogP contribution is -2.00. The average Bonchev–Trinajstić information content (AvgIpc) is 2.86. The third kappa shape index (κ3) is 2.09. The van der Waals surface area contributed by atoms with Crippen LogP contribution in [0.3, 0.4) is 0 Å². The zero-order valence-electron chi connectivity index (χ0n) is 9.36. The molecule has 0 bridgehead atoms. The van der Waals surface area contributed by atoms with E-state index in [1.54, 1.807) is 12.4 Å². The molecule has 1 aliphatic rings. The second-order valence-electron chi connectivity index (χ2n) is 4.19. The van der Waals surface area contributed by atoms with Gasteiger partial charge in [0.2, 0.25) is 0 Å². The van der Waals surface area contributed by atoms with Gasteiger partial charge in [-0.05, 0) is 40.4 Å². The van der Waals surface area contributed by atoms with Crippen LogP contribution in [0.1, 0.15) is 18.4 Å². The quantitative estimate of drug-likeness (QED) is 0.852. The van der Waals surface area contributed by atoms with Gasteiger partial charge in [-0.25, -0.2) is 0 Å². The molecule has 2 heterocycles. The molecule has 0 fully saturated rings. The van der Waals surface area contributed by atoms with Crippen LogP contribution in [-0.4, -0.2) is 22.2 Å². The van der Waals surface area contributed by atoms with Gasteiger partial charge in [0.05, 0.1) is 5.52 Å². The van der Waals surface area contributed by atoms with Gasteiger partial charge in [0.25, 0.3) is 0 Å². The van der Waals surface area contributed by atoms with Crippen LogP contribution in [-0.2, 0) is 6.42 Å². The van der Waals surface area contributed by atoms with E-state index >= 15 is 0 Å². The smallest absolute Gasteiger partial charge is 0.103 e. The van der Waals surface area contributed by atoms with Gasteiger partial charge in [0, 0.05) is 35.5 Å². The third-order valence-corrected chi connectivity index (χ3v) is 3.90. The fourth-order valence-electron chi connectivity index (χ4n) is 2.14. The van der Waals surface area contributed by atoms with Crippen LogP contribution < -0.4 is 0 Å². The van der Waals surface area contributed by atoms with Crippen LogP contribution in [0.2, 0.25) is 0 Å². The van der Waals surface area contributed by atoms with E-state index in [1.165, 1.54) is 17.7 Å². The number of hydrogen-bond acceptors (Lipinski definition) is 3. The van der Waals surface area contributed by atoms with Crippen molar-refractivity contribution < 1.29 is 0 Å². The minimum Gasteiger partial charge on any atom is -0.294 e. The number of rotatable bonds is 2. The maximum atomic E-state index is 4.51. The Hall–Kier alpha value is -1.29. The van der Waals surface area contributed by atoms with Crippen LogP contribution in [0.5, 0.6) is 0 Å². The summed E-state index contributed by atoms with van der Waals surface area (Å²) < 4.78 is 1.05. The van der Waals surface area contributed by atoms with Crippen molar-refractivity contribution in [1.29, 1.82) is 0 Å². The highest BCUT2D eigenvalue weighted by molar-refractivity contribution is 9.10. The van der Waals surface area contributed by atoms with Gasteiger partial charge in [-0.2, -0.15) is 0 Å². The summed E-state index contributed by atoms with van der Waals surface area (Å²) in [4.78, 5) is 13.2. The Kier molecular flexibility index (Phi) is 2.89. The zero-order chi connectivity index (χ0) is 11.7. The lowest BCUT2D eigenvalue weighted by molar-refractivity contribution is 0.949. The summed E-state index contributed by atoms with van der Waals surface area (Å²) in [6, 6.07) is 4.14. The van der Waals surface area contributed by atoms with Crippen LogP contribution >= 0.6 is 15.9 Å². The number of aliphatic imine (C=N–C) groups is 1. The largest absolute Gasteiger partial charge is 0.294 e. The Morgan fingerprint density at radius 3 is 2.88 bits per heavy atom. The Morgan fingerprint density at radius 2 is 2.06 bits per heavy atom. The summed E-state index contributed by atoms with van der Waals surface area (Å²) in [6.07, 6.45) is 6.69. The molecule has 0 aliphatic carbocycles. The fraction of sp³-hybridized carbons (Fsp3) is 0.308. The molecule has 0 unspecified atom stereocenters. The second kappa shape index (κ2) is 4.53. The van der Waals surface area contributed by atoms with E-state index in [2.05, 4.69) is 37.0 Å². The molecule has 17 heavy (non-hydrogen) atoms. The first-order chi connectivity index (χ1) is 8.34. The number of benzene rings is 1. The Balaban J connectivity index is 2.02. The second-order valence-corrected chi connectivity index (χ2v) is 4.98. The molecule has 0 atom stereocenters. The van der Waals surface area contributed by atoms with Crippen molar-refractivity contribution in [3.8, 4) is 0 Å². The number of aromatic nitrogens is 2. The van der Waals surface area contributed by atoms with Crippen molar-refractivity contribution in [1.82, 2.24) is 9.97 Å². The van der Waals surface area contributed by atoms with Crippen LogP contribution in [0.25, 0.3) is 11.0 Å². The van der Waals surface area contributed by atoms with Crippen molar-refractivity contribution in [3.63, 3.8) is 0 Å². The average molecular weight is 290 g/mol. The van der Waals surface area contributed by atoms with E-state index in [1.807, 2.05) is 6.07 Å². The first-order valence-electron chi connectivity index (χ1n) is 5.75. The highest BCUT2D eigenvalue weighted by atomic mass is 79.9. The van der Waals surface area contributed by atoms with E-state index in [-0.39, 0.29) is 0 Å². The molecule has 0 radical (unpaired) electrons. The fourth-order valence-corrected chi connectivity index (χ4v) is 2.72. The minimum atomic E-state index is 0.924. The summed E-state index contributed by atoms with van der Waals surface area (Å²) in [5.74, 6) is 0. The van der Waals surface area contributed by atoms with Crippen LogP contribution in [0.4, 0.5) is 0 Å². The third-order valence-electron chi connectivity index (χ3n) is 3.01. The van der Waals surface area contributed by atoms with Gasteiger partial charge in [0.15, 0.2) is 0 Å². The lowest BCUT2D eigenvalue weighted by atomic mass is 10.1. The molecule has 1 aliphatic heterocycles. The highest BCUT2D eigenvalue weighted by Gasteiger charge is 2.11. The molecule has 3 rings (SSSR count). The number of nitrogens with zero attached hydrogens (tertiary/aromatic N) is 3. The summed E-state index contributed by atoms with van der Waals surface area (Å²) >= 11 is 3.63. The molecule has 86 valence electrons. The van der Waals surface area contributed by atoms with Gasteiger partial charge in [0.1, 0.15) is 5.52 Å². The molecule has 0 saturated heterocycles. The molecule has 4 heteroatoms. The number of fused-ring (bicyclic) bond motifs is 1. The van der Waals surface area contributed by atoms with Gasteiger partial charge < -0.3 is 0 Å². The lowest BCUT2D eigenvalue weighted by Gasteiger charge is -2.06. The predicted octanol–water partition coefficient (Wildman–Crippen LogP) is 3.17. The zero-order valence-corrected chi connectivity index (χ0v) is 10.9. The maximum Gasteiger partial charge on any atom is 0.103 e. The van der Waals surface area contributed by atoms with Crippen LogP contribution in [0.15, 0.2) is 34.0 Å². The normalized spacial score (nSPS) is 15.2. The summed E-state index contributed by atoms with van der Waals surface area (Å²) in [5.41, 5.74) is 4.41. The number of halogens is 1. The van der Waals surface area contributed by atoms with Crippen molar-refractivity contribution in [2.75, 3.05) is 6.54 Å². The topological polar surface area (TPSA) is 38.1 Å². The van der Waals surface area contributed by atoms with Crippen molar-refractivity contribution in [2.45, 2.75) is 19.3 Å². The van der Waals surface area contributed by atoms with Crippen LogP contribution in [0, 0.1) is 0 Å². The molecule has 0 spiro atoms.